The van der Waals surface area contributed by atoms with E-state index in [0.29, 0.717) is 6.61 Å². The molecule has 0 unspecified atom stereocenters. The van der Waals surface area contributed by atoms with Crippen LogP contribution in [0.5, 0.6) is 5.75 Å². The second kappa shape index (κ2) is 6.34. The predicted octanol–water partition coefficient (Wildman–Crippen LogP) is 4.73. The summed E-state index contributed by atoms with van der Waals surface area (Å²) in [6, 6.07) is 22.2. The zero-order valence-electron chi connectivity index (χ0n) is 15.0. The molecule has 3 nitrogen and oxygen atoms in total. The van der Waals surface area contributed by atoms with Crippen LogP contribution in [-0.4, -0.2) is 11.8 Å². The lowest BCUT2D eigenvalue weighted by Crippen LogP contribution is -2.34. The number of fused-ring (bicyclic) bond motifs is 1. The van der Waals surface area contributed by atoms with Crippen LogP contribution in [-0.2, 0) is 0 Å². The van der Waals surface area contributed by atoms with Gasteiger partial charge in [-0.1, -0.05) is 56.3 Å². The van der Waals surface area contributed by atoms with E-state index in [1.165, 1.54) is 4.73 Å². The summed E-state index contributed by atoms with van der Waals surface area (Å²) < 4.78 is 7.28. The average Bonchev–Trinajstić information content (AvgIpc) is 2.79. The van der Waals surface area contributed by atoms with Crippen LogP contribution in [0.2, 0.25) is 0 Å². The van der Waals surface area contributed by atoms with Crippen molar-refractivity contribution in [3.8, 4) is 16.9 Å². The van der Waals surface area contributed by atoms with Crippen LogP contribution < -0.4 is 9.47 Å². The molecule has 0 saturated carbocycles. The number of hydrogen-bond acceptors (Lipinski definition) is 2. The van der Waals surface area contributed by atoms with E-state index in [4.69, 9.17) is 4.74 Å². The van der Waals surface area contributed by atoms with Gasteiger partial charge in [-0.05, 0) is 29.3 Å². The van der Waals surface area contributed by atoms with Crippen LogP contribution in [0.4, 0.5) is 0 Å². The highest BCUT2D eigenvalue weighted by Crippen LogP contribution is 2.39. The number of pyridine rings is 1. The summed E-state index contributed by atoms with van der Waals surface area (Å²) in [5, 5.41) is 10.4. The van der Waals surface area contributed by atoms with Crippen molar-refractivity contribution in [3.63, 3.8) is 0 Å². The molecule has 0 fully saturated rings. The van der Waals surface area contributed by atoms with E-state index in [1.54, 1.807) is 6.20 Å². The first kappa shape index (κ1) is 16.4. The second-order valence-electron chi connectivity index (χ2n) is 7.34. The molecule has 2 aromatic carbocycles. The van der Waals surface area contributed by atoms with Gasteiger partial charge in [0.25, 0.3) is 5.69 Å². The Morgan fingerprint density at radius 2 is 1.69 bits per heavy atom. The summed E-state index contributed by atoms with van der Waals surface area (Å²) in [7, 11) is 0. The number of rotatable bonds is 2. The van der Waals surface area contributed by atoms with Crippen LogP contribution in [0.1, 0.15) is 25.1 Å². The minimum atomic E-state index is -0.149. The van der Waals surface area contributed by atoms with Crippen LogP contribution in [0.3, 0.4) is 0 Å². The topological polar surface area (TPSA) is 33.3 Å². The zero-order chi connectivity index (χ0) is 18.1. The third-order valence-corrected chi connectivity index (χ3v) is 4.63. The molecule has 3 aromatic rings. The first-order valence-corrected chi connectivity index (χ1v) is 8.79. The number of ether oxygens (including phenoxy) is 1. The van der Waals surface area contributed by atoms with Crippen molar-refractivity contribution in [2.75, 3.05) is 6.61 Å². The quantitative estimate of drug-likeness (QED) is 0.539. The van der Waals surface area contributed by atoms with E-state index < -0.39 is 0 Å². The molecular formula is C23H22NO2+. The van der Waals surface area contributed by atoms with Gasteiger partial charge in [0.05, 0.1) is 12.2 Å². The Kier molecular flexibility index (Phi) is 4.00. The maximum absolute atomic E-state index is 10.4. The molecule has 0 amide bonds. The Morgan fingerprint density at radius 1 is 0.923 bits per heavy atom. The maximum Gasteiger partial charge on any atom is 0.264 e. The summed E-state index contributed by atoms with van der Waals surface area (Å²) in [5.74, 6) is 0.838. The first-order chi connectivity index (χ1) is 12.5. The van der Waals surface area contributed by atoms with Crippen molar-refractivity contribution in [1.29, 1.82) is 0 Å². The van der Waals surface area contributed by atoms with Crippen molar-refractivity contribution >= 4 is 5.57 Å². The van der Waals surface area contributed by atoms with E-state index >= 15 is 0 Å². The monoisotopic (exact) mass is 344 g/mol. The summed E-state index contributed by atoms with van der Waals surface area (Å²) in [4.78, 5) is 0. The third-order valence-electron chi connectivity index (χ3n) is 4.63. The van der Waals surface area contributed by atoms with Gasteiger partial charge in [0, 0.05) is 27.8 Å². The molecule has 0 saturated heterocycles. The molecule has 1 aliphatic rings. The largest absolute Gasteiger partial charge is 0.492 e. The highest BCUT2D eigenvalue weighted by Gasteiger charge is 2.29. The van der Waals surface area contributed by atoms with Gasteiger partial charge < -0.3 is 4.74 Å². The van der Waals surface area contributed by atoms with Crippen molar-refractivity contribution in [2.24, 2.45) is 5.41 Å². The van der Waals surface area contributed by atoms with Gasteiger partial charge in [-0.25, -0.2) is 0 Å². The van der Waals surface area contributed by atoms with Crippen LogP contribution in [0.15, 0.2) is 79.0 Å². The maximum atomic E-state index is 10.4. The zero-order valence-corrected chi connectivity index (χ0v) is 15.0. The van der Waals surface area contributed by atoms with E-state index in [1.807, 2.05) is 42.5 Å². The smallest absolute Gasteiger partial charge is 0.264 e. The second-order valence-corrected chi connectivity index (χ2v) is 7.34. The third kappa shape index (κ3) is 3.08. The number of hydrogen-bond donors (Lipinski definition) is 1. The first-order valence-electron chi connectivity index (χ1n) is 8.79. The summed E-state index contributed by atoms with van der Waals surface area (Å²) in [6.07, 6.45) is 3.84. The summed E-state index contributed by atoms with van der Waals surface area (Å²) >= 11 is 0. The molecule has 0 aliphatic carbocycles. The van der Waals surface area contributed by atoms with Gasteiger partial charge in [-0.15, -0.1) is 0 Å². The minimum absolute atomic E-state index is 0.149. The lowest BCUT2D eigenvalue weighted by Gasteiger charge is -2.18. The molecule has 3 heteroatoms. The molecule has 0 bridgehead atoms. The van der Waals surface area contributed by atoms with Gasteiger partial charge in [-0.3, -0.25) is 5.21 Å². The Labute approximate surface area is 153 Å². The van der Waals surface area contributed by atoms with E-state index in [9.17, 15) is 5.21 Å². The highest BCUT2D eigenvalue weighted by molar-refractivity contribution is 5.84. The van der Waals surface area contributed by atoms with Crippen molar-refractivity contribution in [3.05, 3.63) is 90.3 Å². The number of aromatic nitrogens is 1. The van der Waals surface area contributed by atoms with E-state index in [0.717, 1.165) is 33.7 Å². The average molecular weight is 344 g/mol. The van der Waals surface area contributed by atoms with E-state index in [2.05, 4.69) is 44.2 Å². The summed E-state index contributed by atoms with van der Waals surface area (Å²) in [5.41, 5.74) is 4.85. The predicted molar refractivity (Wildman–Crippen MR) is 102 cm³/mol. The van der Waals surface area contributed by atoms with E-state index in [-0.39, 0.29) is 5.41 Å². The Morgan fingerprint density at radius 3 is 2.46 bits per heavy atom. The molecule has 2 heterocycles. The van der Waals surface area contributed by atoms with Crippen LogP contribution in [0.25, 0.3) is 16.7 Å². The standard InChI is InChI=1S/C23H22NO2/c1-23(2)15-20(21-10-6-7-13-24(21)25)19-14-18(11-12-22(19)26-16-23)17-8-4-3-5-9-17/h3-15,25H,16H2,1-2H3/q+1. The molecule has 26 heavy (non-hydrogen) atoms. The molecule has 1 aromatic heterocycles. The fourth-order valence-corrected chi connectivity index (χ4v) is 3.31. The SMILES string of the molecule is CC1(C)C=C(c2cccc[n+]2O)c2cc(-c3ccccc3)ccc2OC1. The molecule has 130 valence electrons. The Balaban J connectivity index is 1.93. The molecule has 0 spiro atoms. The van der Waals surface area contributed by atoms with Crippen molar-refractivity contribution in [2.45, 2.75) is 13.8 Å². The lowest BCUT2D eigenvalue weighted by atomic mass is 9.88. The molecular weight excluding hydrogens is 322 g/mol. The van der Waals surface area contributed by atoms with Gasteiger partial charge in [-0.2, -0.15) is 0 Å². The molecule has 1 N–H and O–H groups in total. The van der Waals surface area contributed by atoms with Crippen molar-refractivity contribution < 1.29 is 14.7 Å². The lowest BCUT2D eigenvalue weighted by molar-refractivity contribution is -0.906. The fourth-order valence-electron chi connectivity index (χ4n) is 3.31. The number of benzene rings is 2. The number of nitrogens with zero attached hydrogens (tertiary/aromatic N) is 1. The van der Waals surface area contributed by atoms with Crippen molar-refractivity contribution in [1.82, 2.24) is 0 Å². The normalized spacial score (nSPS) is 15.4. The van der Waals surface area contributed by atoms with Gasteiger partial charge >= 0.3 is 0 Å². The highest BCUT2D eigenvalue weighted by atomic mass is 16.5. The minimum Gasteiger partial charge on any atom is -0.492 e. The van der Waals surface area contributed by atoms with Gasteiger partial charge in [0.2, 0.25) is 6.20 Å². The fraction of sp³-hybridized carbons (Fsp3) is 0.174. The van der Waals surface area contributed by atoms with Gasteiger partial charge in [0.1, 0.15) is 5.75 Å². The Hall–Kier alpha value is -3.07. The van der Waals surface area contributed by atoms with Gasteiger partial charge in [0.15, 0.2) is 0 Å². The molecule has 0 radical (unpaired) electrons. The molecule has 4 rings (SSSR count). The van der Waals surface area contributed by atoms with Crippen LogP contribution >= 0.6 is 0 Å². The van der Waals surface area contributed by atoms with Crippen LogP contribution in [0, 0.1) is 5.41 Å². The molecule has 1 aliphatic heterocycles. The Bertz CT molecular complexity index is 975. The summed E-state index contributed by atoms with van der Waals surface area (Å²) in [6.45, 7) is 4.87. The molecule has 0 atom stereocenters.